The van der Waals surface area contributed by atoms with E-state index in [9.17, 15) is 9.46 Å². The standard InChI is InChI=1S/C11H15ClN5O3P/c1-21(18,19)20-5-11(2-3-11)4-17-6-14-7-8(12)15-10(13)16-9(7)17/h6H,2-5H2,1H3,(H,18,19)(H2,13,15,16). The number of rotatable bonds is 5. The van der Waals surface area contributed by atoms with Crippen LogP contribution >= 0.6 is 19.2 Å². The Bertz CT molecular complexity index is 739. The minimum absolute atomic E-state index is 0.0868. The number of fused-ring (bicyclic) bond motifs is 1. The van der Waals surface area contributed by atoms with Gasteiger partial charge in [0.2, 0.25) is 5.95 Å². The number of nitrogens with two attached hydrogens (primary N) is 1. The Morgan fingerprint density at radius 2 is 2.29 bits per heavy atom. The van der Waals surface area contributed by atoms with Crippen molar-refractivity contribution < 1.29 is 14.0 Å². The maximum atomic E-state index is 11.3. The third kappa shape index (κ3) is 3.18. The van der Waals surface area contributed by atoms with Crippen molar-refractivity contribution in [2.45, 2.75) is 19.4 Å². The Labute approximate surface area is 125 Å². The molecule has 0 aliphatic heterocycles. The lowest BCUT2D eigenvalue weighted by molar-refractivity contribution is 0.193. The second kappa shape index (κ2) is 4.91. The predicted octanol–water partition coefficient (Wildman–Crippen LogP) is 1.67. The number of hydrogen-bond acceptors (Lipinski definition) is 6. The second-order valence-electron chi connectivity index (χ2n) is 5.49. The predicted molar refractivity (Wildman–Crippen MR) is 78.1 cm³/mol. The first kappa shape index (κ1) is 14.7. The van der Waals surface area contributed by atoms with Gasteiger partial charge in [0.15, 0.2) is 10.8 Å². The molecule has 1 aliphatic rings. The summed E-state index contributed by atoms with van der Waals surface area (Å²) in [6, 6.07) is 0. The number of nitrogens with zero attached hydrogens (tertiary/aromatic N) is 4. The SMILES string of the molecule is CP(=O)(O)OCC1(Cn2cnc3c(Cl)nc(N)nc32)CC1. The summed E-state index contributed by atoms with van der Waals surface area (Å²) in [5, 5.41) is 0.214. The van der Waals surface area contributed by atoms with Gasteiger partial charge in [0.1, 0.15) is 5.52 Å². The van der Waals surface area contributed by atoms with Crippen LogP contribution in [0.15, 0.2) is 6.33 Å². The monoisotopic (exact) mass is 331 g/mol. The molecular weight excluding hydrogens is 317 g/mol. The number of nitrogen functional groups attached to an aromatic ring is 1. The van der Waals surface area contributed by atoms with E-state index in [-0.39, 0.29) is 23.1 Å². The van der Waals surface area contributed by atoms with Gasteiger partial charge in [0.25, 0.3) is 0 Å². The van der Waals surface area contributed by atoms with Crippen molar-refractivity contribution in [2.75, 3.05) is 19.0 Å². The van der Waals surface area contributed by atoms with Crippen molar-refractivity contribution in [1.29, 1.82) is 0 Å². The van der Waals surface area contributed by atoms with Gasteiger partial charge in [0.05, 0.1) is 12.9 Å². The van der Waals surface area contributed by atoms with Gasteiger partial charge in [-0.2, -0.15) is 9.97 Å². The van der Waals surface area contributed by atoms with Gasteiger partial charge in [-0.15, -0.1) is 0 Å². The van der Waals surface area contributed by atoms with Gasteiger partial charge < -0.3 is 19.7 Å². The van der Waals surface area contributed by atoms with Crippen molar-refractivity contribution >= 4 is 36.3 Å². The van der Waals surface area contributed by atoms with E-state index in [1.165, 1.54) is 6.66 Å². The Morgan fingerprint density at radius 3 is 2.90 bits per heavy atom. The van der Waals surface area contributed by atoms with Crippen LogP contribution in [0.2, 0.25) is 5.15 Å². The van der Waals surface area contributed by atoms with Gasteiger partial charge >= 0.3 is 7.60 Å². The Kier molecular flexibility index (Phi) is 3.44. The van der Waals surface area contributed by atoms with Crippen molar-refractivity contribution in [2.24, 2.45) is 5.41 Å². The number of aromatic nitrogens is 4. The largest absolute Gasteiger partial charge is 0.368 e. The molecule has 1 saturated carbocycles. The average molecular weight is 332 g/mol. The zero-order valence-electron chi connectivity index (χ0n) is 11.4. The fourth-order valence-electron chi connectivity index (χ4n) is 2.18. The molecule has 1 unspecified atom stereocenters. The molecule has 2 aromatic heterocycles. The summed E-state index contributed by atoms with van der Waals surface area (Å²) in [6.45, 7) is 1.99. The molecule has 2 aromatic rings. The lowest BCUT2D eigenvalue weighted by Gasteiger charge is -2.17. The molecule has 8 nitrogen and oxygen atoms in total. The molecule has 1 atom stereocenters. The number of hydrogen-bond donors (Lipinski definition) is 2. The molecule has 0 amide bonds. The maximum absolute atomic E-state index is 11.3. The molecule has 0 spiro atoms. The third-order valence-electron chi connectivity index (χ3n) is 3.51. The van der Waals surface area contributed by atoms with Crippen LogP contribution < -0.4 is 5.73 Å². The highest BCUT2D eigenvalue weighted by atomic mass is 35.5. The van der Waals surface area contributed by atoms with Crippen molar-refractivity contribution in [1.82, 2.24) is 19.5 Å². The lowest BCUT2D eigenvalue weighted by Crippen LogP contribution is -2.17. The first-order valence-electron chi connectivity index (χ1n) is 6.37. The summed E-state index contributed by atoms with van der Waals surface area (Å²) >= 11 is 5.98. The molecule has 1 fully saturated rings. The number of imidazole rings is 1. The van der Waals surface area contributed by atoms with Crippen molar-refractivity contribution in [3.05, 3.63) is 11.5 Å². The zero-order valence-corrected chi connectivity index (χ0v) is 13.0. The van der Waals surface area contributed by atoms with E-state index in [0.717, 1.165) is 12.8 Å². The van der Waals surface area contributed by atoms with Gasteiger partial charge in [-0.05, 0) is 12.8 Å². The Hall–Kier alpha value is -1.21. The maximum Gasteiger partial charge on any atom is 0.325 e. The molecule has 21 heavy (non-hydrogen) atoms. The molecular formula is C11H15ClN5O3P. The lowest BCUT2D eigenvalue weighted by atomic mass is 10.1. The summed E-state index contributed by atoms with van der Waals surface area (Å²) in [5.74, 6) is 0.0868. The van der Waals surface area contributed by atoms with E-state index in [0.29, 0.717) is 17.7 Å². The van der Waals surface area contributed by atoms with Crippen LogP contribution in [-0.2, 0) is 15.6 Å². The first-order valence-corrected chi connectivity index (χ1v) is 8.77. The van der Waals surface area contributed by atoms with Crippen molar-refractivity contribution in [3.63, 3.8) is 0 Å². The van der Waals surface area contributed by atoms with Crippen molar-refractivity contribution in [3.8, 4) is 0 Å². The third-order valence-corrected chi connectivity index (χ3v) is 4.38. The minimum Gasteiger partial charge on any atom is -0.368 e. The number of halogens is 1. The summed E-state index contributed by atoms with van der Waals surface area (Å²) in [4.78, 5) is 21.4. The van der Waals surface area contributed by atoms with Gasteiger partial charge in [-0.3, -0.25) is 4.57 Å². The van der Waals surface area contributed by atoms with Crippen LogP contribution in [0.25, 0.3) is 11.2 Å². The summed E-state index contributed by atoms with van der Waals surface area (Å²) < 4.78 is 18.1. The molecule has 2 heterocycles. The molecule has 0 radical (unpaired) electrons. The summed E-state index contributed by atoms with van der Waals surface area (Å²) in [6.07, 6.45) is 3.46. The fraction of sp³-hybridized carbons (Fsp3) is 0.545. The minimum atomic E-state index is -3.47. The van der Waals surface area contributed by atoms with Crippen LogP contribution in [-0.4, -0.2) is 37.7 Å². The van der Waals surface area contributed by atoms with E-state index in [1.54, 1.807) is 6.33 Å². The average Bonchev–Trinajstić information content (AvgIpc) is 3.02. The Morgan fingerprint density at radius 1 is 1.57 bits per heavy atom. The van der Waals surface area contributed by atoms with E-state index < -0.39 is 7.60 Å². The van der Waals surface area contributed by atoms with Crippen LogP contribution in [0.5, 0.6) is 0 Å². The molecule has 3 rings (SSSR count). The smallest absolute Gasteiger partial charge is 0.325 e. The highest BCUT2D eigenvalue weighted by Crippen LogP contribution is 2.51. The molecule has 0 aromatic carbocycles. The molecule has 0 bridgehead atoms. The first-order chi connectivity index (χ1) is 9.78. The van der Waals surface area contributed by atoms with Crippen LogP contribution in [0.1, 0.15) is 12.8 Å². The topological polar surface area (TPSA) is 116 Å². The highest BCUT2D eigenvalue weighted by molar-refractivity contribution is 7.51. The van der Waals surface area contributed by atoms with E-state index in [2.05, 4.69) is 15.0 Å². The zero-order chi connectivity index (χ0) is 15.3. The summed E-state index contributed by atoms with van der Waals surface area (Å²) in [5.41, 5.74) is 6.50. The second-order valence-corrected chi connectivity index (χ2v) is 7.72. The molecule has 0 saturated heterocycles. The van der Waals surface area contributed by atoms with E-state index in [1.807, 2.05) is 4.57 Å². The molecule has 114 valence electrons. The molecule has 1 aliphatic carbocycles. The van der Waals surface area contributed by atoms with Gasteiger partial charge in [-0.25, -0.2) is 4.98 Å². The quantitative estimate of drug-likeness (QED) is 0.632. The highest BCUT2D eigenvalue weighted by Gasteiger charge is 2.44. The van der Waals surface area contributed by atoms with Gasteiger partial charge in [-0.1, -0.05) is 11.6 Å². The van der Waals surface area contributed by atoms with Crippen LogP contribution in [0, 0.1) is 5.41 Å². The number of anilines is 1. The van der Waals surface area contributed by atoms with E-state index >= 15 is 0 Å². The molecule has 10 heteroatoms. The summed E-state index contributed by atoms with van der Waals surface area (Å²) in [7, 11) is -3.47. The molecule has 3 N–H and O–H groups in total. The van der Waals surface area contributed by atoms with E-state index in [4.69, 9.17) is 21.9 Å². The van der Waals surface area contributed by atoms with Crippen LogP contribution in [0.4, 0.5) is 5.95 Å². The normalized spacial score (nSPS) is 19.6. The van der Waals surface area contributed by atoms with Crippen LogP contribution in [0.3, 0.4) is 0 Å². The fourth-order valence-corrected chi connectivity index (χ4v) is 2.92. The Balaban J connectivity index is 1.84. The van der Waals surface area contributed by atoms with Gasteiger partial charge in [0, 0.05) is 18.6 Å².